The van der Waals surface area contributed by atoms with E-state index >= 15 is 0 Å². The Morgan fingerprint density at radius 1 is 0.947 bits per heavy atom. The maximum Gasteiger partial charge on any atom is 0.196 e. The first-order chi connectivity index (χ1) is 8.90. The van der Waals surface area contributed by atoms with Crippen LogP contribution in [0.4, 0.5) is 18.9 Å². The molecule has 5 heteroatoms. The summed E-state index contributed by atoms with van der Waals surface area (Å²) in [6.45, 7) is 1.64. The number of nitrogens with two attached hydrogens (primary N) is 1. The number of halogens is 3. The van der Waals surface area contributed by atoms with Gasteiger partial charge in [-0.15, -0.1) is 0 Å². The summed E-state index contributed by atoms with van der Waals surface area (Å²) in [6.07, 6.45) is 0. The van der Waals surface area contributed by atoms with Gasteiger partial charge in [-0.2, -0.15) is 0 Å². The molecule has 0 atom stereocenters. The predicted octanol–water partition coefficient (Wildman–Crippen LogP) is 3.23. The fraction of sp³-hybridized carbons (Fsp3) is 0.0714. The molecule has 98 valence electrons. The number of carbonyl (C=O) groups is 1. The van der Waals surface area contributed by atoms with Gasteiger partial charge >= 0.3 is 0 Å². The molecule has 0 bridgehead atoms. The Balaban J connectivity index is 2.56. The summed E-state index contributed by atoms with van der Waals surface area (Å²) in [7, 11) is 0. The Kier molecular flexibility index (Phi) is 3.29. The lowest BCUT2D eigenvalue weighted by Gasteiger charge is -2.07. The van der Waals surface area contributed by atoms with Crippen LogP contribution >= 0.6 is 0 Å². The lowest BCUT2D eigenvalue weighted by atomic mass is 9.98. The first kappa shape index (κ1) is 13.1. The lowest BCUT2D eigenvalue weighted by Crippen LogP contribution is -2.08. The van der Waals surface area contributed by atoms with E-state index in [0.717, 1.165) is 0 Å². The zero-order chi connectivity index (χ0) is 14.2. The van der Waals surface area contributed by atoms with E-state index in [9.17, 15) is 18.0 Å². The molecule has 0 saturated heterocycles. The van der Waals surface area contributed by atoms with E-state index in [1.807, 2.05) is 0 Å². The molecule has 0 radical (unpaired) electrons. The second-order valence-electron chi connectivity index (χ2n) is 4.15. The smallest absolute Gasteiger partial charge is 0.196 e. The van der Waals surface area contributed by atoms with Gasteiger partial charge < -0.3 is 5.73 Å². The van der Waals surface area contributed by atoms with Crippen molar-refractivity contribution < 1.29 is 18.0 Å². The maximum atomic E-state index is 13.5. The van der Waals surface area contributed by atoms with Crippen LogP contribution < -0.4 is 5.73 Å². The molecule has 0 aromatic heterocycles. The third-order valence-corrected chi connectivity index (χ3v) is 2.76. The van der Waals surface area contributed by atoms with Gasteiger partial charge in [0.1, 0.15) is 5.82 Å². The monoisotopic (exact) mass is 265 g/mol. The van der Waals surface area contributed by atoms with E-state index in [1.165, 1.54) is 6.07 Å². The van der Waals surface area contributed by atoms with E-state index in [-0.39, 0.29) is 5.56 Å². The zero-order valence-corrected chi connectivity index (χ0v) is 10.0. The van der Waals surface area contributed by atoms with Crippen LogP contribution in [0.25, 0.3) is 0 Å². The largest absolute Gasteiger partial charge is 0.399 e. The van der Waals surface area contributed by atoms with E-state index in [1.54, 1.807) is 19.1 Å². The normalized spacial score (nSPS) is 10.5. The van der Waals surface area contributed by atoms with E-state index in [0.29, 0.717) is 23.4 Å². The second kappa shape index (κ2) is 4.76. The summed E-state index contributed by atoms with van der Waals surface area (Å²) in [5.41, 5.74) is 6.09. The molecular formula is C14H10F3NO. The molecule has 2 aromatic rings. The number of ketones is 1. The van der Waals surface area contributed by atoms with Crippen molar-refractivity contribution >= 4 is 11.5 Å². The Labute approximate surface area is 107 Å². The first-order valence-electron chi connectivity index (χ1n) is 5.45. The van der Waals surface area contributed by atoms with Crippen LogP contribution in [0.15, 0.2) is 30.3 Å². The van der Waals surface area contributed by atoms with E-state index in [4.69, 9.17) is 5.73 Å². The summed E-state index contributed by atoms with van der Waals surface area (Å²) in [5.74, 6) is -4.45. The molecule has 2 N–H and O–H groups in total. The number of benzene rings is 2. The van der Waals surface area contributed by atoms with Gasteiger partial charge in [0.2, 0.25) is 0 Å². The van der Waals surface area contributed by atoms with Crippen molar-refractivity contribution in [1.82, 2.24) is 0 Å². The van der Waals surface area contributed by atoms with Crippen molar-refractivity contribution in [2.24, 2.45) is 0 Å². The Bertz CT molecular complexity index is 668. The average molecular weight is 265 g/mol. The van der Waals surface area contributed by atoms with Crippen molar-refractivity contribution in [3.63, 3.8) is 0 Å². The molecule has 0 aliphatic rings. The number of hydrogen-bond acceptors (Lipinski definition) is 2. The Hall–Kier alpha value is -2.30. The fourth-order valence-corrected chi connectivity index (χ4v) is 1.73. The van der Waals surface area contributed by atoms with Crippen molar-refractivity contribution in [3.8, 4) is 0 Å². The molecule has 2 rings (SSSR count). The number of anilines is 1. The van der Waals surface area contributed by atoms with Gasteiger partial charge in [-0.25, -0.2) is 13.2 Å². The van der Waals surface area contributed by atoms with E-state index in [2.05, 4.69) is 0 Å². The van der Waals surface area contributed by atoms with Crippen LogP contribution in [0.5, 0.6) is 0 Å². The quantitative estimate of drug-likeness (QED) is 0.514. The standard InChI is InChI=1S/C14H10F3NO/c1-7-2-3-8(18)4-9(7)14(19)10-5-12(16)13(17)6-11(10)15/h2-6H,18H2,1H3. The van der Waals surface area contributed by atoms with Crippen LogP contribution in [-0.2, 0) is 0 Å². The van der Waals surface area contributed by atoms with Crippen molar-refractivity contribution in [2.45, 2.75) is 6.92 Å². The van der Waals surface area contributed by atoms with E-state index < -0.39 is 28.8 Å². The third kappa shape index (κ3) is 2.45. The molecule has 0 heterocycles. The molecule has 0 saturated carbocycles. The summed E-state index contributed by atoms with van der Waals surface area (Å²) in [4.78, 5) is 12.1. The predicted molar refractivity (Wildman–Crippen MR) is 65.3 cm³/mol. The molecule has 0 unspecified atom stereocenters. The molecule has 0 aliphatic heterocycles. The Morgan fingerprint density at radius 3 is 2.26 bits per heavy atom. The maximum absolute atomic E-state index is 13.5. The number of aryl methyl sites for hydroxylation is 1. The number of carbonyl (C=O) groups excluding carboxylic acids is 1. The number of rotatable bonds is 2. The van der Waals surface area contributed by atoms with Gasteiger partial charge in [0.25, 0.3) is 0 Å². The molecule has 0 fully saturated rings. The fourth-order valence-electron chi connectivity index (χ4n) is 1.73. The molecule has 0 aliphatic carbocycles. The first-order valence-corrected chi connectivity index (χ1v) is 5.45. The highest BCUT2D eigenvalue weighted by Crippen LogP contribution is 2.21. The minimum Gasteiger partial charge on any atom is -0.399 e. The zero-order valence-electron chi connectivity index (χ0n) is 10.0. The minimum absolute atomic E-state index is 0.157. The summed E-state index contributed by atoms with van der Waals surface area (Å²) < 4.78 is 39.5. The molecule has 2 aromatic carbocycles. The van der Waals surface area contributed by atoms with Gasteiger partial charge in [0.15, 0.2) is 17.4 Å². The van der Waals surface area contributed by atoms with Gasteiger partial charge in [-0.05, 0) is 30.7 Å². The van der Waals surface area contributed by atoms with Crippen LogP contribution in [0.3, 0.4) is 0 Å². The van der Waals surface area contributed by atoms with Crippen molar-refractivity contribution in [1.29, 1.82) is 0 Å². The van der Waals surface area contributed by atoms with Crippen LogP contribution in [0, 0.1) is 24.4 Å². The van der Waals surface area contributed by atoms with Crippen molar-refractivity contribution in [2.75, 3.05) is 5.73 Å². The third-order valence-electron chi connectivity index (χ3n) is 2.76. The molecule has 19 heavy (non-hydrogen) atoms. The van der Waals surface area contributed by atoms with Gasteiger partial charge in [0, 0.05) is 17.3 Å². The SMILES string of the molecule is Cc1ccc(N)cc1C(=O)c1cc(F)c(F)cc1F. The molecule has 0 spiro atoms. The van der Waals surface area contributed by atoms with Crippen LogP contribution in [0.2, 0.25) is 0 Å². The van der Waals surface area contributed by atoms with Gasteiger partial charge in [0.05, 0.1) is 5.56 Å². The van der Waals surface area contributed by atoms with Crippen LogP contribution in [-0.4, -0.2) is 5.78 Å². The lowest BCUT2D eigenvalue weighted by molar-refractivity contribution is 0.103. The highest BCUT2D eigenvalue weighted by Gasteiger charge is 2.19. The average Bonchev–Trinajstić information content (AvgIpc) is 2.36. The van der Waals surface area contributed by atoms with Gasteiger partial charge in [-0.1, -0.05) is 6.07 Å². The van der Waals surface area contributed by atoms with Crippen molar-refractivity contribution in [3.05, 3.63) is 64.5 Å². The highest BCUT2D eigenvalue weighted by molar-refractivity contribution is 6.10. The number of hydrogen-bond donors (Lipinski definition) is 1. The Morgan fingerprint density at radius 2 is 1.58 bits per heavy atom. The summed E-state index contributed by atoms with van der Waals surface area (Å²) in [6, 6.07) is 5.46. The summed E-state index contributed by atoms with van der Waals surface area (Å²) >= 11 is 0. The molecule has 2 nitrogen and oxygen atoms in total. The van der Waals surface area contributed by atoms with Gasteiger partial charge in [-0.3, -0.25) is 4.79 Å². The van der Waals surface area contributed by atoms with Crippen LogP contribution in [0.1, 0.15) is 21.5 Å². The number of nitrogen functional groups attached to an aromatic ring is 1. The molecular weight excluding hydrogens is 255 g/mol. The highest BCUT2D eigenvalue weighted by atomic mass is 19.2. The second-order valence-corrected chi connectivity index (χ2v) is 4.15. The minimum atomic E-state index is -1.33. The topological polar surface area (TPSA) is 43.1 Å². The molecule has 0 amide bonds. The summed E-state index contributed by atoms with van der Waals surface area (Å²) in [5, 5.41) is 0.